The van der Waals surface area contributed by atoms with Crippen LogP contribution in [0.2, 0.25) is 0 Å². The number of aliphatic carboxylic acids is 3. The first kappa shape index (κ1) is 18.3. The Morgan fingerprint density at radius 2 is 0.952 bits per heavy atom. The molecule has 4 N–H and O–H groups in total. The molecule has 13 heteroatoms. The smallest absolute Gasteiger partial charge is 0.870 e. The number of hydrogen-bond donors (Lipinski definition) is 3. The second kappa shape index (κ2) is 31.0. The van der Waals surface area contributed by atoms with Gasteiger partial charge in [-0.25, -0.2) is 0 Å². The summed E-state index contributed by atoms with van der Waals surface area (Å²) in [4.78, 5) is 43.3. The second-order valence-corrected chi connectivity index (χ2v) is 43.3. The number of hydrogen-bond acceptors (Lipinski definition) is 5. The van der Waals surface area contributed by atoms with Crippen molar-refractivity contribution in [2.24, 2.45) is 23.6 Å². The zero-order valence-corrected chi connectivity index (χ0v) is 30.8. The molecule has 0 aromatic carbocycles. The van der Waals surface area contributed by atoms with Crippen LogP contribution in [0, 0.1) is 23.6 Å². The Hall–Kier alpha value is 1.41. The van der Waals surface area contributed by atoms with Gasteiger partial charge in [-0.3, -0.25) is 19.2 Å². The van der Waals surface area contributed by atoms with Crippen LogP contribution in [0.15, 0.2) is 0 Å². The predicted molar refractivity (Wildman–Crippen MR) is 184 cm³/mol. The van der Waals surface area contributed by atoms with Gasteiger partial charge in [0.1, 0.15) is 5.78 Å². The van der Waals surface area contributed by atoms with E-state index in [4.69, 9.17) is 49.6 Å². The summed E-state index contributed by atoms with van der Waals surface area (Å²) in [5.41, 5.74) is 0. The number of ketones is 1. The predicted octanol–water partition coefficient (Wildman–Crippen LogP) is 6.59. The van der Waals surface area contributed by atoms with Crippen LogP contribution < -0.4 is 18.9 Å². The normalized spacial score (nSPS) is 43.5. The monoisotopic (exact) mass is 991 g/mol. The first-order chi connectivity index (χ1) is 28.3. The minimum absolute atomic E-state index is 0. The maximum Gasteiger partial charge on any atom is 1.00 e. The molecule has 8 nitrogen and oxygen atoms in total. The summed E-state index contributed by atoms with van der Waals surface area (Å²) in [6, 6.07) is 0. The van der Waals surface area contributed by atoms with Crippen LogP contribution in [-0.4, -0.2) is 44.5 Å². The van der Waals surface area contributed by atoms with Crippen molar-refractivity contribution in [1.29, 1.82) is 0 Å². The SMILES string of the molecule is [2H]C1([2H])C(C(=O)O)C([2H])([2H])C([2H])([2H])C([2H])([2H])C1([2H])[2H].[2H]C1([2H])C([2H])([2H])C([2H])([2H])C([2H])(C(=O)O)C([2H])([2H])C1([2H])[2H].[2H]C1([2H])CCC(C(=O)O)CC1.[2H]C1([2H])CCC(C(C)=O)CC1.[I][V]([I])[I].[Li+].[OH-]. The number of carboxylic acids is 3. The fourth-order valence-electron chi connectivity index (χ4n) is 3.06. The van der Waals surface area contributed by atoms with Crippen molar-refractivity contribution in [2.75, 3.05) is 0 Å². The number of halogens is 3. The minimum Gasteiger partial charge on any atom is -0.870 e. The van der Waals surface area contributed by atoms with Gasteiger partial charge in [0.25, 0.3) is 0 Å². The van der Waals surface area contributed by atoms with Crippen LogP contribution in [0.1, 0.15) is 169 Å². The molecule has 0 amide bonds. The van der Waals surface area contributed by atoms with Crippen molar-refractivity contribution in [3.8, 4) is 0 Å². The zero-order valence-electron chi connectivity index (χ0n) is 47.9. The first-order valence-electron chi connectivity index (χ1n) is 24.2. The molecule has 0 heterocycles. The quantitative estimate of drug-likeness (QED) is 0.210. The van der Waals surface area contributed by atoms with E-state index in [1.165, 1.54) is 0 Å². The molecule has 0 aliphatic heterocycles. The fraction of sp³-hybridized carbons (Fsp3) is 0.862. The largest absolute Gasteiger partial charge is 1.00 e. The number of carboxylic acid groups (broad SMARTS) is 3. The average Bonchev–Trinajstić information content (AvgIpc) is 3.09. The fourth-order valence-corrected chi connectivity index (χ4v) is 3.06. The molecule has 0 aromatic heterocycles. The van der Waals surface area contributed by atoms with Crippen molar-refractivity contribution in [3.05, 3.63) is 0 Å². The van der Waals surface area contributed by atoms with E-state index < -0.39 is 106 Å². The van der Waals surface area contributed by atoms with Gasteiger partial charge in [-0.2, -0.15) is 0 Å². The Kier molecular flexibility index (Phi) is 13.5. The average molecular weight is 991 g/mol. The van der Waals surface area contributed by atoms with Gasteiger partial charge >= 0.3 is 102 Å². The van der Waals surface area contributed by atoms with Gasteiger partial charge in [0, 0.05) is 40.2 Å². The Balaban J connectivity index is -0.000000808. The summed E-state index contributed by atoms with van der Waals surface area (Å²) >= 11 is 7.39. The van der Waals surface area contributed by atoms with E-state index in [-0.39, 0.29) is 46.9 Å². The third-order valence-corrected chi connectivity index (χ3v) is 5.12. The third kappa shape index (κ3) is 27.7. The van der Waals surface area contributed by atoms with Gasteiger partial charge < -0.3 is 20.8 Å². The molecule has 0 radical (unpaired) electrons. The van der Waals surface area contributed by atoms with Crippen molar-refractivity contribution < 1.29 is 98.0 Å². The number of carbonyl (C=O) groups is 4. The standard InChI is InChI=1S/C8H14O.3C7H12O2.3HI.Li.H2O.V/c1-7(9)8-5-3-2-4-6-8;3*8-7(9)6-4-2-1-3-5-6;;;;;;/h8H,2-6H2,1H3;3*6H,1-5H2,(H,8,9);3*1H;;1H2;/q;;;;;;;+1;;+3/p-4/i2D2;1D2,2D2,3D2,4D2,5D2,6D;1D2,2D2,3D2,4D2,5D2;1D2;;;;;;. The molecular formula is C29H51I3LiO8V. The molecule has 4 rings (SSSR count). The van der Waals surface area contributed by atoms with Crippen LogP contribution in [0.5, 0.6) is 0 Å². The summed E-state index contributed by atoms with van der Waals surface area (Å²) in [7, 11) is 0. The molecular weight excluding hydrogens is 915 g/mol. The summed E-state index contributed by atoms with van der Waals surface area (Å²) in [6.07, 6.45) is -34.0. The maximum atomic E-state index is 11.2. The zero-order chi connectivity index (χ0) is 52.8. The van der Waals surface area contributed by atoms with E-state index in [1.807, 2.05) is 0 Å². The van der Waals surface area contributed by atoms with E-state index in [0.29, 0.717) is 38.5 Å². The molecule has 4 aliphatic carbocycles. The van der Waals surface area contributed by atoms with Crippen LogP contribution in [0.25, 0.3) is 0 Å². The van der Waals surface area contributed by atoms with Gasteiger partial charge in [-0.05, 0) is 58.1 Å². The Bertz CT molecular complexity index is 1620. The van der Waals surface area contributed by atoms with Gasteiger partial charge in [-0.15, -0.1) is 0 Å². The van der Waals surface area contributed by atoms with Gasteiger partial charge in [0.05, 0.1) is 17.7 Å². The van der Waals surface area contributed by atoms with Crippen molar-refractivity contribution in [3.63, 3.8) is 0 Å². The van der Waals surface area contributed by atoms with Crippen LogP contribution in [-0.2, 0) is 24.1 Å². The maximum absolute atomic E-state index is 11.2. The summed E-state index contributed by atoms with van der Waals surface area (Å²) < 4.78 is 186. The molecule has 4 aliphatic rings. The number of Topliss-reactive ketones (excluding diaryl/α,β-unsaturated/α-hetero) is 1. The summed E-state index contributed by atoms with van der Waals surface area (Å²) in [5, 5.41) is 26.5. The van der Waals surface area contributed by atoms with Crippen molar-refractivity contribution in [2.45, 2.75) is 135 Å². The van der Waals surface area contributed by atoms with E-state index >= 15 is 0 Å². The minimum atomic E-state index is -3.86. The van der Waals surface area contributed by atoms with Gasteiger partial charge in [0.15, 0.2) is 0 Å². The molecule has 0 saturated heterocycles. The third-order valence-electron chi connectivity index (χ3n) is 5.12. The topological polar surface area (TPSA) is 159 Å². The molecule has 0 bridgehead atoms. The van der Waals surface area contributed by atoms with E-state index in [9.17, 15) is 19.2 Å². The number of rotatable bonds is 4. The molecule has 0 aromatic rings. The van der Waals surface area contributed by atoms with Crippen LogP contribution in [0.4, 0.5) is 0 Å². The molecule has 0 atom stereocenters. The van der Waals surface area contributed by atoms with Crippen LogP contribution in [0.3, 0.4) is 0 Å². The Morgan fingerprint density at radius 1 is 0.619 bits per heavy atom. The Labute approximate surface area is 338 Å². The number of carbonyl (C=O) groups excluding carboxylic acids is 1. The van der Waals surface area contributed by atoms with E-state index in [0.717, 1.165) is 12.8 Å². The van der Waals surface area contributed by atoms with E-state index in [1.54, 1.807) is 6.92 Å². The molecule has 42 heavy (non-hydrogen) atoms. The summed E-state index contributed by atoms with van der Waals surface area (Å²) in [5.74, 6) is -11.7. The van der Waals surface area contributed by atoms with Gasteiger partial charge in [0.2, 0.25) is 0 Å². The summed E-state index contributed by atoms with van der Waals surface area (Å²) in [6.45, 7) is 1.60. The molecule has 4 fully saturated rings. The van der Waals surface area contributed by atoms with Crippen molar-refractivity contribution >= 4 is 83.6 Å². The van der Waals surface area contributed by atoms with Gasteiger partial charge in [-0.1, -0.05) is 76.7 Å². The molecule has 242 valence electrons. The molecule has 0 spiro atoms. The van der Waals surface area contributed by atoms with E-state index in [2.05, 4.69) is 59.9 Å². The van der Waals surface area contributed by atoms with Crippen LogP contribution >= 0.6 is 59.9 Å². The first-order valence-corrected chi connectivity index (χ1v) is 25.3. The van der Waals surface area contributed by atoms with Crippen molar-refractivity contribution in [1.82, 2.24) is 0 Å². The molecule has 4 saturated carbocycles. The second-order valence-electron chi connectivity index (χ2n) is 7.93. The Morgan fingerprint density at radius 3 is 1.26 bits per heavy atom. The molecule has 0 unspecified atom stereocenters.